The fourth-order valence-electron chi connectivity index (χ4n) is 3.69. The van der Waals surface area contributed by atoms with Crippen LogP contribution >= 0.6 is 0 Å². The topological polar surface area (TPSA) is 99.6 Å². The Kier molecular flexibility index (Phi) is 4.52. The largest absolute Gasteiger partial charge is 0.548 e. The summed E-state index contributed by atoms with van der Waals surface area (Å²) in [6.45, 7) is 0.0474. The number of ether oxygens (including phenoxy) is 1. The Balaban J connectivity index is 1.90. The van der Waals surface area contributed by atoms with Crippen LogP contribution < -0.4 is 9.84 Å². The van der Waals surface area contributed by atoms with E-state index in [1.165, 1.54) is 19.4 Å². The van der Waals surface area contributed by atoms with Gasteiger partial charge in [0.2, 0.25) is 10.0 Å². The van der Waals surface area contributed by atoms with Gasteiger partial charge in [-0.1, -0.05) is 36.4 Å². The zero-order valence-electron chi connectivity index (χ0n) is 15.0. The SMILES string of the molecule is COc1cccc2c(S(=O)(=O)N3CCc4ccccc4[C@@H]3C(=O)[O-])ccnc12. The summed E-state index contributed by atoms with van der Waals surface area (Å²) < 4.78 is 33.3. The molecule has 0 radical (unpaired) electrons. The minimum Gasteiger partial charge on any atom is -0.548 e. The molecule has 8 heteroatoms. The van der Waals surface area contributed by atoms with E-state index in [4.69, 9.17) is 4.74 Å². The standard InChI is InChI=1S/C20H18N2O5S/c1-27-16-8-4-7-15-17(9-11-21-18(15)16)28(25,26)22-12-10-13-5-2-3-6-14(13)19(22)20(23)24/h2-9,11,19H,10,12H2,1H3,(H,23,24)/p-1/t19-/m1/s1. The van der Waals surface area contributed by atoms with E-state index in [9.17, 15) is 18.3 Å². The molecule has 0 bridgehead atoms. The van der Waals surface area contributed by atoms with Gasteiger partial charge in [-0.05, 0) is 29.7 Å². The maximum atomic E-state index is 13.5. The number of aromatic nitrogens is 1. The highest BCUT2D eigenvalue weighted by molar-refractivity contribution is 7.89. The molecule has 0 saturated heterocycles. The van der Waals surface area contributed by atoms with Crippen LogP contribution in [0.3, 0.4) is 0 Å². The highest BCUT2D eigenvalue weighted by atomic mass is 32.2. The number of hydrogen-bond donors (Lipinski definition) is 0. The van der Waals surface area contributed by atoms with Crippen LogP contribution in [0, 0.1) is 0 Å². The lowest BCUT2D eigenvalue weighted by Crippen LogP contribution is -2.48. The molecule has 0 N–H and O–H groups in total. The maximum absolute atomic E-state index is 13.5. The molecule has 7 nitrogen and oxygen atoms in total. The first kappa shape index (κ1) is 18.4. The average Bonchev–Trinajstić information content (AvgIpc) is 2.71. The summed E-state index contributed by atoms with van der Waals surface area (Å²) >= 11 is 0. The Morgan fingerprint density at radius 2 is 1.96 bits per heavy atom. The van der Waals surface area contributed by atoms with Crippen molar-refractivity contribution in [3.05, 3.63) is 65.9 Å². The molecule has 4 rings (SSSR count). The Hall–Kier alpha value is -2.97. The number of methoxy groups -OCH3 is 1. The van der Waals surface area contributed by atoms with Gasteiger partial charge in [0.1, 0.15) is 11.3 Å². The number of aliphatic carboxylic acids is 1. The molecule has 0 saturated carbocycles. The Labute approximate surface area is 162 Å². The van der Waals surface area contributed by atoms with Crippen LogP contribution in [0.1, 0.15) is 17.2 Å². The molecule has 28 heavy (non-hydrogen) atoms. The van der Waals surface area contributed by atoms with E-state index >= 15 is 0 Å². The lowest BCUT2D eigenvalue weighted by Gasteiger charge is -2.37. The molecule has 0 unspecified atom stereocenters. The Morgan fingerprint density at radius 1 is 1.18 bits per heavy atom. The van der Waals surface area contributed by atoms with Crippen molar-refractivity contribution >= 4 is 26.9 Å². The number of sulfonamides is 1. The summed E-state index contributed by atoms with van der Waals surface area (Å²) in [6.07, 6.45) is 1.80. The first-order chi connectivity index (χ1) is 13.4. The number of rotatable bonds is 4. The van der Waals surface area contributed by atoms with Crippen molar-refractivity contribution in [3.63, 3.8) is 0 Å². The summed E-state index contributed by atoms with van der Waals surface area (Å²) in [5, 5.41) is 12.3. The number of carboxylic acids is 1. The summed E-state index contributed by atoms with van der Waals surface area (Å²) in [6, 6.07) is 11.9. The highest BCUT2D eigenvalue weighted by Crippen LogP contribution is 2.36. The third-order valence-electron chi connectivity index (χ3n) is 4.96. The van der Waals surface area contributed by atoms with Gasteiger partial charge >= 0.3 is 0 Å². The maximum Gasteiger partial charge on any atom is 0.244 e. The number of para-hydroxylation sites is 1. The number of fused-ring (bicyclic) bond motifs is 2. The van der Waals surface area contributed by atoms with Crippen molar-refractivity contribution < 1.29 is 23.1 Å². The third-order valence-corrected chi connectivity index (χ3v) is 6.89. The van der Waals surface area contributed by atoms with Crippen molar-refractivity contribution in [2.75, 3.05) is 13.7 Å². The van der Waals surface area contributed by atoms with Crippen molar-refractivity contribution in [1.29, 1.82) is 0 Å². The van der Waals surface area contributed by atoms with E-state index < -0.39 is 22.0 Å². The molecule has 1 atom stereocenters. The van der Waals surface area contributed by atoms with E-state index in [0.717, 1.165) is 9.87 Å². The molecule has 1 aromatic heterocycles. The molecule has 0 fully saturated rings. The second kappa shape index (κ2) is 6.88. The predicted octanol–water partition coefficient (Wildman–Crippen LogP) is 1.28. The number of carbonyl (C=O) groups is 1. The van der Waals surface area contributed by atoms with Crippen molar-refractivity contribution in [2.45, 2.75) is 17.4 Å². The van der Waals surface area contributed by atoms with Crippen LogP contribution in [-0.4, -0.2) is 37.3 Å². The molecule has 144 valence electrons. The molecular formula is C20H17N2O5S-. The van der Waals surface area contributed by atoms with Gasteiger partial charge in [0.05, 0.1) is 24.0 Å². The van der Waals surface area contributed by atoms with Crippen LogP contribution in [0.5, 0.6) is 5.75 Å². The lowest BCUT2D eigenvalue weighted by atomic mass is 9.94. The van der Waals surface area contributed by atoms with Crippen LogP contribution in [0.25, 0.3) is 10.9 Å². The molecule has 2 heterocycles. The first-order valence-corrected chi connectivity index (χ1v) is 10.1. The molecular weight excluding hydrogens is 380 g/mol. The third kappa shape index (κ3) is 2.81. The number of benzene rings is 2. The average molecular weight is 397 g/mol. The normalized spacial score (nSPS) is 17.2. The molecule has 0 spiro atoms. The van der Waals surface area contributed by atoms with Gasteiger partial charge in [-0.25, -0.2) is 8.42 Å². The molecule has 1 aliphatic heterocycles. The number of nitrogens with zero attached hydrogens (tertiary/aromatic N) is 2. The Bertz CT molecular complexity index is 1180. The van der Waals surface area contributed by atoms with Gasteiger partial charge in [0.15, 0.2) is 0 Å². The summed E-state index contributed by atoms with van der Waals surface area (Å²) in [4.78, 5) is 16.1. The number of carboxylic acid groups (broad SMARTS) is 1. The van der Waals surface area contributed by atoms with Crippen molar-refractivity contribution in [3.8, 4) is 5.75 Å². The number of carbonyl (C=O) groups excluding carboxylic acids is 1. The number of hydrogen-bond acceptors (Lipinski definition) is 6. The Morgan fingerprint density at radius 3 is 2.71 bits per heavy atom. The first-order valence-electron chi connectivity index (χ1n) is 8.67. The van der Waals surface area contributed by atoms with Gasteiger partial charge in [-0.2, -0.15) is 4.31 Å². The van der Waals surface area contributed by atoms with E-state index in [0.29, 0.717) is 28.6 Å². The van der Waals surface area contributed by atoms with Gasteiger partial charge in [-0.3, -0.25) is 4.98 Å². The van der Waals surface area contributed by atoms with Gasteiger partial charge < -0.3 is 14.6 Å². The van der Waals surface area contributed by atoms with Gasteiger partial charge in [0.25, 0.3) is 0 Å². The predicted molar refractivity (Wildman–Crippen MR) is 100 cm³/mol. The molecule has 3 aromatic rings. The summed E-state index contributed by atoms with van der Waals surface area (Å²) in [5.41, 5.74) is 1.64. The van der Waals surface area contributed by atoms with Crippen LogP contribution in [0.15, 0.2) is 59.6 Å². The van der Waals surface area contributed by atoms with E-state index in [2.05, 4.69) is 4.98 Å². The van der Waals surface area contributed by atoms with Crippen molar-refractivity contribution in [2.24, 2.45) is 0 Å². The highest BCUT2D eigenvalue weighted by Gasteiger charge is 2.38. The van der Waals surface area contributed by atoms with Crippen LogP contribution in [-0.2, 0) is 21.2 Å². The number of pyridine rings is 1. The molecule has 2 aromatic carbocycles. The minimum atomic E-state index is -4.13. The smallest absolute Gasteiger partial charge is 0.244 e. The molecule has 0 amide bonds. The summed E-state index contributed by atoms with van der Waals surface area (Å²) in [7, 11) is -2.66. The summed E-state index contributed by atoms with van der Waals surface area (Å²) in [5.74, 6) is -1.01. The molecule has 1 aliphatic rings. The van der Waals surface area contributed by atoms with Crippen LogP contribution in [0.2, 0.25) is 0 Å². The second-order valence-electron chi connectivity index (χ2n) is 6.45. The quantitative estimate of drug-likeness (QED) is 0.658. The minimum absolute atomic E-state index is 0.0120. The fourth-order valence-corrected chi connectivity index (χ4v) is 5.42. The molecule has 0 aliphatic carbocycles. The van der Waals surface area contributed by atoms with E-state index in [-0.39, 0.29) is 11.4 Å². The van der Waals surface area contributed by atoms with Crippen molar-refractivity contribution in [1.82, 2.24) is 9.29 Å². The second-order valence-corrected chi connectivity index (χ2v) is 8.31. The zero-order valence-corrected chi connectivity index (χ0v) is 15.8. The lowest BCUT2D eigenvalue weighted by molar-refractivity contribution is -0.311. The van der Waals surface area contributed by atoms with Gasteiger partial charge in [0, 0.05) is 18.1 Å². The monoisotopic (exact) mass is 397 g/mol. The van der Waals surface area contributed by atoms with Crippen LogP contribution in [0.4, 0.5) is 0 Å². The zero-order chi connectivity index (χ0) is 19.9. The van der Waals surface area contributed by atoms with E-state index in [1.54, 1.807) is 36.4 Å². The van der Waals surface area contributed by atoms with E-state index in [1.807, 2.05) is 6.07 Å². The van der Waals surface area contributed by atoms with Gasteiger partial charge in [-0.15, -0.1) is 0 Å². The fraction of sp³-hybridized carbons (Fsp3) is 0.200.